The molecule has 2 aromatic rings. The van der Waals surface area contributed by atoms with Gasteiger partial charge in [-0.15, -0.1) is 0 Å². The fourth-order valence-electron chi connectivity index (χ4n) is 3.41. The first kappa shape index (κ1) is 20.2. The maximum absolute atomic E-state index is 13.3. The molecule has 6 nitrogen and oxygen atoms in total. The molecule has 1 aromatic carbocycles. The average molecular weight is 411 g/mol. The van der Waals surface area contributed by atoms with Crippen molar-refractivity contribution in [3.05, 3.63) is 40.7 Å². The zero-order valence-corrected chi connectivity index (χ0v) is 18.1. The number of aromatic nitrogens is 2. The van der Waals surface area contributed by atoms with E-state index in [9.17, 15) is 8.42 Å². The van der Waals surface area contributed by atoms with Crippen LogP contribution < -0.4 is 4.90 Å². The van der Waals surface area contributed by atoms with E-state index in [1.165, 1.54) is 0 Å². The van der Waals surface area contributed by atoms with Crippen molar-refractivity contribution >= 4 is 27.3 Å². The van der Waals surface area contributed by atoms with E-state index < -0.39 is 10.0 Å². The van der Waals surface area contributed by atoms with Gasteiger partial charge in [0.1, 0.15) is 4.90 Å². The van der Waals surface area contributed by atoms with Crippen molar-refractivity contribution in [2.45, 2.75) is 38.0 Å². The Balaban J connectivity index is 1.83. The zero-order chi connectivity index (χ0) is 20.0. The van der Waals surface area contributed by atoms with Gasteiger partial charge < -0.3 is 4.90 Å². The Hall–Kier alpha value is -1.57. The third-order valence-electron chi connectivity index (χ3n) is 4.87. The lowest BCUT2D eigenvalue weighted by molar-refractivity contribution is 0.383. The molecule has 0 unspecified atom stereocenters. The summed E-state index contributed by atoms with van der Waals surface area (Å²) in [7, 11) is -1.82. The van der Waals surface area contributed by atoms with Gasteiger partial charge in [-0.3, -0.25) is 4.68 Å². The van der Waals surface area contributed by atoms with Crippen LogP contribution in [0.25, 0.3) is 0 Å². The third-order valence-corrected chi connectivity index (χ3v) is 7.01. The molecule has 0 amide bonds. The molecule has 1 saturated heterocycles. The minimum Gasteiger partial charge on any atom is -0.369 e. The standard InChI is InChI=1S/C19H27ClN4O2S/c1-14-6-7-15(20)12-16(14)23-8-10-24(11-9-23)27(25,26)17-13-22(5)21-18(17)19(2,3)4/h6-7,12-13H,8-11H2,1-5H3. The molecule has 1 aliphatic heterocycles. The van der Waals surface area contributed by atoms with Gasteiger partial charge in [0, 0.05) is 55.5 Å². The van der Waals surface area contributed by atoms with Crippen LogP contribution in [0.3, 0.4) is 0 Å². The van der Waals surface area contributed by atoms with Gasteiger partial charge in [-0.25, -0.2) is 8.42 Å². The summed E-state index contributed by atoms with van der Waals surface area (Å²) in [5, 5.41) is 5.10. The van der Waals surface area contributed by atoms with Crippen molar-refractivity contribution in [1.29, 1.82) is 0 Å². The minimum absolute atomic E-state index is 0.310. The van der Waals surface area contributed by atoms with Gasteiger partial charge in [0.15, 0.2) is 0 Å². The zero-order valence-electron chi connectivity index (χ0n) is 16.5. The first-order chi connectivity index (χ1) is 12.5. The smallest absolute Gasteiger partial charge is 0.246 e. The van der Waals surface area contributed by atoms with Crippen molar-refractivity contribution in [3.8, 4) is 0 Å². The molecule has 148 valence electrons. The van der Waals surface area contributed by atoms with Crippen LogP contribution in [0.5, 0.6) is 0 Å². The van der Waals surface area contributed by atoms with Crippen molar-refractivity contribution in [3.63, 3.8) is 0 Å². The van der Waals surface area contributed by atoms with Gasteiger partial charge in [0.2, 0.25) is 10.0 Å². The summed E-state index contributed by atoms with van der Waals surface area (Å²) in [6.45, 7) is 10.1. The summed E-state index contributed by atoms with van der Waals surface area (Å²) in [6, 6.07) is 5.81. The molecular formula is C19H27ClN4O2S. The van der Waals surface area contributed by atoms with E-state index in [2.05, 4.69) is 10.00 Å². The highest BCUT2D eigenvalue weighted by atomic mass is 35.5. The van der Waals surface area contributed by atoms with Crippen molar-refractivity contribution in [2.75, 3.05) is 31.1 Å². The quantitative estimate of drug-likeness (QED) is 0.779. The highest BCUT2D eigenvalue weighted by Crippen LogP contribution is 2.31. The summed E-state index contributed by atoms with van der Waals surface area (Å²) < 4.78 is 29.7. The second-order valence-corrected chi connectivity index (χ2v) is 10.4. The van der Waals surface area contributed by atoms with E-state index in [1.807, 2.05) is 45.9 Å². The largest absolute Gasteiger partial charge is 0.369 e. The summed E-state index contributed by atoms with van der Waals surface area (Å²) in [5.41, 5.74) is 2.47. The van der Waals surface area contributed by atoms with Crippen LogP contribution in [0.1, 0.15) is 32.0 Å². The molecular weight excluding hydrogens is 384 g/mol. The number of hydrogen-bond donors (Lipinski definition) is 0. The van der Waals surface area contributed by atoms with Crippen molar-refractivity contribution in [1.82, 2.24) is 14.1 Å². The number of sulfonamides is 1. The maximum Gasteiger partial charge on any atom is 0.246 e. The van der Waals surface area contributed by atoms with E-state index in [1.54, 1.807) is 22.2 Å². The first-order valence-electron chi connectivity index (χ1n) is 9.05. The predicted octanol–water partition coefficient (Wildman–Crippen LogP) is 3.19. The molecule has 0 aliphatic carbocycles. The summed E-state index contributed by atoms with van der Waals surface area (Å²) in [5.74, 6) is 0. The molecule has 0 saturated carbocycles. The van der Waals surface area contributed by atoms with Crippen molar-refractivity contribution in [2.24, 2.45) is 7.05 Å². The van der Waals surface area contributed by atoms with Crippen LogP contribution in [0, 0.1) is 6.92 Å². The Bertz CT molecular complexity index is 939. The Morgan fingerprint density at radius 1 is 1.11 bits per heavy atom. The second kappa shape index (κ2) is 7.11. The number of hydrogen-bond acceptors (Lipinski definition) is 4. The second-order valence-electron chi connectivity index (χ2n) is 8.09. The molecule has 1 aliphatic rings. The van der Waals surface area contributed by atoms with E-state index in [0.29, 0.717) is 41.8 Å². The molecule has 0 bridgehead atoms. The Kier molecular flexibility index (Phi) is 5.31. The van der Waals surface area contributed by atoms with E-state index >= 15 is 0 Å². The lowest BCUT2D eigenvalue weighted by Crippen LogP contribution is -2.49. The predicted molar refractivity (Wildman–Crippen MR) is 109 cm³/mol. The summed E-state index contributed by atoms with van der Waals surface area (Å²) in [6.07, 6.45) is 1.61. The monoisotopic (exact) mass is 410 g/mol. The first-order valence-corrected chi connectivity index (χ1v) is 10.9. The summed E-state index contributed by atoms with van der Waals surface area (Å²) >= 11 is 6.14. The SMILES string of the molecule is Cc1ccc(Cl)cc1N1CCN(S(=O)(=O)c2cn(C)nc2C(C)(C)C)CC1. The van der Waals surface area contributed by atoms with Crippen LogP contribution in [0.2, 0.25) is 5.02 Å². The van der Waals surface area contributed by atoms with Gasteiger partial charge in [-0.05, 0) is 24.6 Å². The van der Waals surface area contributed by atoms with Gasteiger partial charge in [-0.2, -0.15) is 9.40 Å². The molecule has 1 fully saturated rings. The number of benzene rings is 1. The molecule has 0 spiro atoms. The van der Waals surface area contributed by atoms with Crippen LogP contribution in [-0.4, -0.2) is 48.7 Å². The Morgan fingerprint density at radius 2 is 1.74 bits per heavy atom. The van der Waals surface area contributed by atoms with Gasteiger partial charge in [0.25, 0.3) is 0 Å². The van der Waals surface area contributed by atoms with Crippen LogP contribution in [0.4, 0.5) is 5.69 Å². The van der Waals surface area contributed by atoms with Gasteiger partial charge in [-0.1, -0.05) is 38.4 Å². The van der Waals surface area contributed by atoms with Gasteiger partial charge >= 0.3 is 0 Å². The Labute approximate surface area is 166 Å². The number of piperazine rings is 1. The molecule has 2 heterocycles. The highest BCUT2D eigenvalue weighted by Gasteiger charge is 2.35. The molecule has 1 aromatic heterocycles. The Morgan fingerprint density at radius 3 is 2.33 bits per heavy atom. The molecule has 8 heteroatoms. The average Bonchev–Trinajstić information content (AvgIpc) is 3.00. The number of anilines is 1. The van der Waals surface area contributed by atoms with E-state index in [0.717, 1.165) is 11.3 Å². The van der Waals surface area contributed by atoms with E-state index in [-0.39, 0.29) is 5.41 Å². The summed E-state index contributed by atoms with van der Waals surface area (Å²) in [4.78, 5) is 2.51. The number of halogens is 1. The fourth-order valence-corrected chi connectivity index (χ4v) is 5.37. The van der Waals surface area contributed by atoms with E-state index in [4.69, 9.17) is 11.6 Å². The number of nitrogens with zero attached hydrogens (tertiary/aromatic N) is 4. The van der Waals surface area contributed by atoms with Crippen molar-refractivity contribution < 1.29 is 8.42 Å². The molecule has 0 atom stereocenters. The normalized spacial score (nSPS) is 16.7. The van der Waals surface area contributed by atoms with Crippen LogP contribution in [-0.2, 0) is 22.5 Å². The fraction of sp³-hybridized carbons (Fsp3) is 0.526. The molecule has 3 rings (SSSR count). The minimum atomic E-state index is -3.58. The number of rotatable bonds is 3. The lowest BCUT2D eigenvalue weighted by Gasteiger charge is -2.36. The lowest BCUT2D eigenvalue weighted by atomic mass is 9.92. The molecule has 0 radical (unpaired) electrons. The topological polar surface area (TPSA) is 58.4 Å². The van der Waals surface area contributed by atoms with Crippen LogP contribution in [0.15, 0.2) is 29.3 Å². The molecule has 0 N–H and O–H groups in total. The maximum atomic E-state index is 13.3. The third kappa shape index (κ3) is 4.00. The number of aryl methyl sites for hydroxylation is 2. The highest BCUT2D eigenvalue weighted by molar-refractivity contribution is 7.89. The molecule has 27 heavy (non-hydrogen) atoms. The van der Waals surface area contributed by atoms with Gasteiger partial charge in [0.05, 0.1) is 5.69 Å². The van der Waals surface area contributed by atoms with Crippen LogP contribution >= 0.6 is 11.6 Å².